The summed E-state index contributed by atoms with van der Waals surface area (Å²) in [6, 6.07) is 2.11. The first-order valence-electron chi connectivity index (χ1n) is 4.53. The number of nitriles is 1. The van der Waals surface area contributed by atoms with E-state index in [-0.39, 0.29) is 11.8 Å². The second kappa shape index (κ2) is 4.83. The predicted octanol–water partition coefficient (Wildman–Crippen LogP) is 0.395. The molecule has 13 heavy (non-hydrogen) atoms. The van der Waals surface area contributed by atoms with E-state index in [0.29, 0.717) is 32.7 Å². The van der Waals surface area contributed by atoms with Crippen molar-refractivity contribution < 1.29 is 9.53 Å². The number of hydrogen-bond donors (Lipinski definition) is 0. The summed E-state index contributed by atoms with van der Waals surface area (Å²) in [6.45, 7) is 4.35. The zero-order valence-corrected chi connectivity index (χ0v) is 7.82. The van der Waals surface area contributed by atoms with Crippen LogP contribution in [0.15, 0.2) is 0 Å². The molecule has 0 saturated carbocycles. The van der Waals surface area contributed by atoms with Gasteiger partial charge in [0, 0.05) is 26.1 Å². The van der Waals surface area contributed by atoms with Crippen LogP contribution in [0.5, 0.6) is 0 Å². The van der Waals surface area contributed by atoms with Crippen LogP contribution in [0.4, 0.5) is 0 Å². The Morgan fingerprint density at radius 1 is 1.77 bits per heavy atom. The number of likely N-dealkylation sites (tertiary alicyclic amines) is 1. The van der Waals surface area contributed by atoms with Gasteiger partial charge in [0.1, 0.15) is 0 Å². The zero-order chi connectivity index (χ0) is 9.68. The highest BCUT2D eigenvalue weighted by Gasteiger charge is 2.28. The second-order valence-corrected chi connectivity index (χ2v) is 3.07. The van der Waals surface area contributed by atoms with E-state index in [9.17, 15) is 4.79 Å². The van der Waals surface area contributed by atoms with Gasteiger partial charge < -0.3 is 9.64 Å². The molecule has 4 nitrogen and oxygen atoms in total. The number of rotatable bonds is 4. The van der Waals surface area contributed by atoms with E-state index in [0.717, 1.165) is 0 Å². The Bertz CT molecular complexity index is 222. The van der Waals surface area contributed by atoms with Gasteiger partial charge in [-0.25, -0.2) is 0 Å². The summed E-state index contributed by atoms with van der Waals surface area (Å²) in [5.41, 5.74) is 0. The lowest BCUT2D eigenvalue weighted by Crippen LogP contribution is -2.29. The van der Waals surface area contributed by atoms with E-state index in [1.165, 1.54) is 0 Å². The van der Waals surface area contributed by atoms with Gasteiger partial charge in [0.15, 0.2) is 0 Å². The van der Waals surface area contributed by atoms with E-state index in [2.05, 4.69) is 6.07 Å². The van der Waals surface area contributed by atoms with Crippen molar-refractivity contribution in [3.05, 3.63) is 0 Å². The molecule has 0 aromatic rings. The van der Waals surface area contributed by atoms with Crippen molar-refractivity contribution in [2.24, 2.45) is 5.92 Å². The van der Waals surface area contributed by atoms with Crippen molar-refractivity contribution in [1.82, 2.24) is 4.90 Å². The summed E-state index contributed by atoms with van der Waals surface area (Å²) in [7, 11) is 0. The molecule has 0 aliphatic carbocycles. The highest BCUT2D eigenvalue weighted by molar-refractivity contribution is 5.79. The summed E-state index contributed by atoms with van der Waals surface area (Å²) in [5.74, 6) is -0.0413. The van der Waals surface area contributed by atoms with Crippen LogP contribution in [0.25, 0.3) is 0 Å². The predicted molar refractivity (Wildman–Crippen MR) is 46.8 cm³/mol. The Balaban J connectivity index is 2.28. The molecular weight excluding hydrogens is 168 g/mol. The summed E-state index contributed by atoms with van der Waals surface area (Å²) < 4.78 is 5.14. The molecule has 1 rings (SSSR count). The second-order valence-electron chi connectivity index (χ2n) is 3.07. The summed E-state index contributed by atoms with van der Waals surface area (Å²) in [4.78, 5) is 13.0. The van der Waals surface area contributed by atoms with Crippen molar-refractivity contribution in [1.29, 1.82) is 5.26 Å². The van der Waals surface area contributed by atoms with E-state index in [1.54, 1.807) is 4.90 Å². The lowest BCUT2D eigenvalue weighted by atomic mass is 10.1. The Kier molecular flexibility index (Phi) is 3.71. The monoisotopic (exact) mass is 182 g/mol. The molecule has 0 spiro atoms. The minimum absolute atomic E-state index is 0.0752. The van der Waals surface area contributed by atoms with Crippen LogP contribution in [0.1, 0.15) is 13.3 Å². The molecule has 0 bridgehead atoms. The summed E-state index contributed by atoms with van der Waals surface area (Å²) >= 11 is 0. The molecule has 1 amide bonds. The highest BCUT2D eigenvalue weighted by Crippen LogP contribution is 2.15. The summed E-state index contributed by atoms with van der Waals surface area (Å²) in [5, 5.41) is 8.61. The SMILES string of the molecule is CCOCCN1CC(C#N)CC1=O. The molecule has 1 saturated heterocycles. The third-order valence-corrected chi connectivity index (χ3v) is 2.11. The average Bonchev–Trinajstić information content (AvgIpc) is 2.48. The molecular formula is C9H14N2O2. The minimum Gasteiger partial charge on any atom is -0.380 e. The maximum absolute atomic E-state index is 11.3. The average molecular weight is 182 g/mol. The Morgan fingerprint density at radius 3 is 3.08 bits per heavy atom. The van der Waals surface area contributed by atoms with Gasteiger partial charge in [-0.1, -0.05) is 0 Å². The van der Waals surface area contributed by atoms with Crippen LogP contribution in [0.2, 0.25) is 0 Å². The standard InChI is InChI=1S/C9H14N2O2/c1-2-13-4-3-11-7-8(6-10)5-9(11)12/h8H,2-5,7H2,1H3. The molecule has 1 aliphatic rings. The zero-order valence-electron chi connectivity index (χ0n) is 7.82. The third-order valence-electron chi connectivity index (χ3n) is 2.11. The topological polar surface area (TPSA) is 53.3 Å². The molecule has 0 aromatic heterocycles. The number of ether oxygens (including phenoxy) is 1. The van der Waals surface area contributed by atoms with Gasteiger partial charge in [-0.3, -0.25) is 4.79 Å². The van der Waals surface area contributed by atoms with Crippen molar-refractivity contribution in [3.8, 4) is 6.07 Å². The molecule has 1 unspecified atom stereocenters. The maximum atomic E-state index is 11.3. The van der Waals surface area contributed by atoms with Crippen molar-refractivity contribution in [2.75, 3.05) is 26.3 Å². The first-order valence-corrected chi connectivity index (χ1v) is 4.53. The number of carbonyl (C=O) groups is 1. The van der Waals surface area contributed by atoms with Crippen LogP contribution in [-0.2, 0) is 9.53 Å². The van der Waals surface area contributed by atoms with Crippen molar-refractivity contribution in [3.63, 3.8) is 0 Å². The van der Waals surface area contributed by atoms with E-state index in [4.69, 9.17) is 10.00 Å². The first-order chi connectivity index (χ1) is 6.27. The lowest BCUT2D eigenvalue weighted by molar-refractivity contribution is -0.128. The number of nitrogens with zero attached hydrogens (tertiary/aromatic N) is 2. The molecule has 0 radical (unpaired) electrons. The fourth-order valence-corrected chi connectivity index (χ4v) is 1.39. The van der Waals surface area contributed by atoms with Gasteiger partial charge in [-0.05, 0) is 6.92 Å². The molecule has 0 aromatic carbocycles. The van der Waals surface area contributed by atoms with Crippen molar-refractivity contribution in [2.45, 2.75) is 13.3 Å². The number of carbonyl (C=O) groups excluding carboxylic acids is 1. The van der Waals surface area contributed by atoms with Gasteiger partial charge in [-0.2, -0.15) is 5.26 Å². The van der Waals surface area contributed by atoms with E-state index < -0.39 is 0 Å². The molecule has 1 fully saturated rings. The van der Waals surface area contributed by atoms with Crippen LogP contribution in [0, 0.1) is 17.2 Å². The van der Waals surface area contributed by atoms with Crippen LogP contribution >= 0.6 is 0 Å². The largest absolute Gasteiger partial charge is 0.380 e. The van der Waals surface area contributed by atoms with Crippen LogP contribution < -0.4 is 0 Å². The van der Waals surface area contributed by atoms with Crippen LogP contribution in [-0.4, -0.2) is 37.1 Å². The molecule has 72 valence electrons. The smallest absolute Gasteiger partial charge is 0.224 e. The van der Waals surface area contributed by atoms with Gasteiger partial charge in [0.25, 0.3) is 0 Å². The van der Waals surface area contributed by atoms with Gasteiger partial charge in [-0.15, -0.1) is 0 Å². The Morgan fingerprint density at radius 2 is 2.54 bits per heavy atom. The van der Waals surface area contributed by atoms with E-state index in [1.807, 2.05) is 6.92 Å². The van der Waals surface area contributed by atoms with Gasteiger partial charge in [0.2, 0.25) is 5.91 Å². The fourth-order valence-electron chi connectivity index (χ4n) is 1.39. The third kappa shape index (κ3) is 2.71. The van der Waals surface area contributed by atoms with E-state index >= 15 is 0 Å². The van der Waals surface area contributed by atoms with Crippen LogP contribution in [0.3, 0.4) is 0 Å². The normalized spacial score (nSPS) is 22.0. The minimum atomic E-state index is -0.117. The van der Waals surface area contributed by atoms with Gasteiger partial charge in [0.05, 0.1) is 18.6 Å². The molecule has 1 aliphatic heterocycles. The summed E-state index contributed by atoms with van der Waals surface area (Å²) in [6.07, 6.45) is 0.378. The quantitative estimate of drug-likeness (QED) is 0.591. The molecule has 1 atom stereocenters. The lowest BCUT2D eigenvalue weighted by Gasteiger charge is -2.14. The first kappa shape index (κ1) is 10.0. The Labute approximate surface area is 78.1 Å². The highest BCUT2D eigenvalue weighted by atomic mass is 16.5. The van der Waals surface area contributed by atoms with Gasteiger partial charge >= 0.3 is 0 Å². The fraction of sp³-hybridized carbons (Fsp3) is 0.778. The van der Waals surface area contributed by atoms with Crippen molar-refractivity contribution >= 4 is 5.91 Å². The number of hydrogen-bond acceptors (Lipinski definition) is 3. The maximum Gasteiger partial charge on any atom is 0.224 e. The molecule has 1 heterocycles. The Hall–Kier alpha value is -1.08. The molecule has 0 N–H and O–H groups in total. The number of amides is 1. The molecule has 4 heteroatoms.